The molecule has 3 fully saturated rings. The third-order valence-corrected chi connectivity index (χ3v) is 3.79. The quantitative estimate of drug-likeness (QED) is 0.694. The number of nitrogens with zero attached hydrogens (tertiary/aromatic N) is 1. The molecule has 0 aromatic heterocycles. The lowest BCUT2D eigenvalue weighted by Crippen LogP contribution is -2.65. The fraction of sp³-hybridized carbons (Fsp3) is 1.00. The lowest BCUT2D eigenvalue weighted by Gasteiger charge is -2.53. The Morgan fingerprint density at radius 1 is 1.00 bits per heavy atom. The maximum absolute atomic E-state index is 5.94. The van der Waals surface area contributed by atoms with Crippen LogP contribution in [-0.2, 0) is 4.74 Å². The summed E-state index contributed by atoms with van der Waals surface area (Å²) in [6.07, 6.45) is 5.44. The van der Waals surface area contributed by atoms with Crippen molar-refractivity contribution in [3.8, 4) is 0 Å². The van der Waals surface area contributed by atoms with Crippen molar-refractivity contribution >= 4 is 0 Å². The van der Waals surface area contributed by atoms with Crippen molar-refractivity contribution in [3.63, 3.8) is 0 Å². The minimum absolute atomic E-state index is 0.292. The molecular weight excluding hydrogens is 210 g/mol. The van der Waals surface area contributed by atoms with Crippen molar-refractivity contribution in [2.75, 3.05) is 19.7 Å². The highest BCUT2D eigenvalue weighted by Crippen LogP contribution is 2.41. The van der Waals surface area contributed by atoms with E-state index in [1.165, 1.54) is 38.8 Å². The third-order valence-electron chi connectivity index (χ3n) is 3.79. The van der Waals surface area contributed by atoms with Gasteiger partial charge in [-0.1, -0.05) is 34.6 Å². The Balaban J connectivity index is 0.000000330. The van der Waals surface area contributed by atoms with Crippen molar-refractivity contribution in [2.24, 2.45) is 5.92 Å². The third kappa shape index (κ3) is 3.69. The molecule has 2 aliphatic heterocycles. The number of likely N-dealkylation sites (tertiary alicyclic amines) is 1. The highest BCUT2D eigenvalue weighted by Gasteiger charge is 2.50. The summed E-state index contributed by atoms with van der Waals surface area (Å²) >= 11 is 0. The Hall–Kier alpha value is -0.0800. The van der Waals surface area contributed by atoms with Crippen LogP contribution in [0.2, 0.25) is 0 Å². The highest BCUT2D eigenvalue weighted by atomic mass is 16.5. The van der Waals surface area contributed by atoms with Gasteiger partial charge in [0.15, 0.2) is 0 Å². The first kappa shape index (κ1) is 15.0. The zero-order chi connectivity index (χ0) is 12.9. The Bertz CT molecular complexity index is 207. The summed E-state index contributed by atoms with van der Waals surface area (Å²) in [7, 11) is 0. The molecule has 17 heavy (non-hydrogen) atoms. The maximum atomic E-state index is 5.94. The maximum Gasteiger partial charge on any atom is 0.0937 e. The SMILES string of the molecule is CC.CC.C[C@@H]1CCOC2(C1)CN(C1CC1)C2. The van der Waals surface area contributed by atoms with Crippen molar-refractivity contribution in [3.05, 3.63) is 0 Å². The van der Waals surface area contributed by atoms with E-state index in [9.17, 15) is 0 Å². The zero-order valence-electron chi connectivity index (χ0n) is 12.5. The second-order valence-corrected chi connectivity index (χ2v) is 5.27. The molecule has 2 heteroatoms. The van der Waals surface area contributed by atoms with E-state index in [2.05, 4.69) is 11.8 Å². The van der Waals surface area contributed by atoms with E-state index in [1.54, 1.807) is 0 Å². The second-order valence-electron chi connectivity index (χ2n) is 5.27. The molecule has 102 valence electrons. The number of hydrogen-bond donors (Lipinski definition) is 0. The zero-order valence-corrected chi connectivity index (χ0v) is 12.5. The van der Waals surface area contributed by atoms with E-state index in [4.69, 9.17) is 4.74 Å². The fourth-order valence-corrected chi connectivity index (χ4v) is 2.88. The molecule has 0 N–H and O–H groups in total. The molecule has 1 spiro atoms. The number of ether oxygens (including phenoxy) is 1. The van der Waals surface area contributed by atoms with Gasteiger partial charge in [0.2, 0.25) is 0 Å². The van der Waals surface area contributed by atoms with Crippen molar-refractivity contribution in [1.29, 1.82) is 0 Å². The lowest BCUT2D eigenvalue weighted by atomic mass is 9.81. The van der Waals surface area contributed by atoms with Gasteiger partial charge in [-0.05, 0) is 31.6 Å². The summed E-state index contributed by atoms with van der Waals surface area (Å²) in [5.41, 5.74) is 0.292. The van der Waals surface area contributed by atoms with Crippen LogP contribution in [-0.4, -0.2) is 36.2 Å². The summed E-state index contributed by atoms with van der Waals surface area (Å²) in [6.45, 7) is 13.8. The molecule has 0 aromatic rings. The van der Waals surface area contributed by atoms with Gasteiger partial charge in [0, 0.05) is 25.7 Å². The van der Waals surface area contributed by atoms with Gasteiger partial charge >= 0.3 is 0 Å². The largest absolute Gasteiger partial charge is 0.372 e. The molecule has 0 unspecified atom stereocenters. The molecule has 1 atom stereocenters. The van der Waals surface area contributed by atoms with Gasteiger partial charge in [0.25, 0.3) is 0 Å². The normalized spacial score (nSPS) is 30.5. The van der Waals surface area contributed by atoms with E-state index in [-0.39, 0.29) is 0 Å². The van der Waals surface area contributed by atoms with Crippen molar-refractivity contribution < 1.29 is 4.74 Å². The average molecular weight is 241 g/mol. The van der Waals surface area contributed by atoms with Gasteiger partial charge in [-0.2, -0.15) is 0 Å². The van der Waals surface area contributed by atoms with Gasteiger partial charge in [-0.15, -0.1) is 0 Å². The number of hydrogen-bond acceptors (Lipinski definition) is 2. The van der Waals surface area contributed by atoms with E-state index in [1.807, 2.05) is 27.7 Å². The van der Waals surface area contributed by atoms with Crippen LogP contribution >= 0.6 is 0 Å². The standard InChI is InChI=1S/C11H19NO.2C2H6/c1-9-4-5-13-11(6-9)7-12(8-11)10-2-3-10;2*1-2/h9-10H,2-8H2,1H3;2*1-2H3/t9-;;/m1../s1. The fourth-order valence-electron chi connectivity index (χ4n) is 2.88. The van der Waals surface area contributed by atoms with Crippen LogP contribution in [0.3, 0.4) is 0 Å². The minimum Gasteiger partial charge on any atom is -0.372 e. The molecular formula is C15H31NO. The molecule has 3 rings (SSSR count). The molecule has 1 aliphatic carbocycles. The summed E-state index contributed by atoms with van der Waals surface area (Å²) in [5, 5.41) is 0. The molecule has 0 bridgehead atoms. The van der Waals surface area contributed by atoms with E-state index < -0.39 is 0 Å². The predicted molar refractivity (Wildman–Crippen MR) is 74.4 cm³/mol. The summed E-state index contributed by atoms with van der Waals surface area (Å²) in [6, 6.07) is 0.937. The summed E-state index contributed by atoms with van der Waals surface area (Å²) in [5.74, 6) is 0.884. The van der Waals surface area contributed by atoms with E-state index in [0.717, 1.165) is 18.6 Å². The van der Waals surface area contributed by atoms with Crippen LogP contribution in [0.15, 0.2) is 0 Å². The summed E-state index contributed by atoms with van der Waals surface area (Å²) in [4.78, 5) is 2.61. The first-order valence-corrected chi connectivity index (χ1v) is 7.65. The van der Waals surface area contributed by atoms with Crippen LogP contribution in [0.4, 0.5) is 0 Å². The van der Waals surface area contributed by atoms with Crippen LogP contribution in [0, 0.1) is 5.92 Å². The van der Waals surface area contributed by atoms with Gasteiger partial charge < -0.3 is 4.74 Å². The molecule has 2 nitrogen and oxygen atoms in total. The van der Waals surface area contributed by atoms with Gasteiger partial charge in [0.1, 0.15) is 0 Å². The first-order chi connectivity index (χ1) is 8.27. The highest BCUT2D eigenvalue weighted by molar-refractivity contribution is 5.04. The summed E-state index contributed by atoms with van der Waals surface area (Å²) < 4.78 is 5.94. The van der Waals surface area contributed by atoms with Gasteiger partial charge in [-0.25, -0.2) is 0 Å². The Morgan fingerprint density at radius 3 is 2.06 bits per heavy atom. The van der Waals surface area contributed by atoms with Crippen LogP contribution in [0.25, 0.3) is 0 Å². The van der Waals surface area contributed by atoms with Crippen molar-refractivity contribution in [1.82, 2.24) is 4.90 Å². The Morgan fingerprint density at radius 2 is 1.59 bits per heavy atom. The molecule has 1 saturated carbocycles. The molecule has 3 aliphatic rings. The van der Waals surface area contributed by atoms with Gasteiger partial charge in [-0.3, -0.25) is 4.90 Å². The lowest BCUT2D eigenvalue weighted by molar-refractivity contribution is -0.179. The minimum atomic E-state index is 0.292. The van der Waals surface area contributed by atoms with E-state index in [0.29, 0.717) is 5.60 Å². The van der Waals surface area contributed by atoms with Crippen LogP contribution in [0.1, 0.15) is 60.3 Å². The Kier molecular flexibility index (Phi) is 5.94. The van der Waals surface area contributed by atoms with Crippen LogP contribution in [0.5, 0.6) is 0 Å². The smallest absolute Gasteiger partial charge is 0.0937 e. The first-order valence-electron chi connectivity index (χ1n) is 7.65. The monoisotopic (exact) mass is 241 g/mol. The number of rotatable bonds is 1. The topological polar surface area (TPSA) is 12.5 Å². The molecule has 0 radical (unpaired) electrons. The van der Waals surface area contributed by atoms with Crippen molar-refractivity contribution in [2.45, 2.75) is 71.9 Å². The molecule has 2 saturated heterocycles. The van der Waals surface area contributed by atoms with Crippen LogP contribution < -0.4 is 0 Å². The molecule has 0 amide bonds. The van der Waals surface area contributed by atoms with Gasteiger partial charge in [0.05, 0.1) is 5.60 Å². The second kappa shape index (κ2) is 6.75. The molecule has 0 aromatic carbocycles. The Labute approximate surface area is 108 Å². The predicted octanol–water partition coefficient (Wildman–Crippen LogP) is 3.70. The molecule has 2 heterocycles. The van der Waals surface area contributed by atoms with E-state index >= 15 is 0 Å². The average Bonchev–Trinajstić information content (AvgIpc) is 3.15.